The minimum Gasteiger partial charge on any atom is -0.382 e. The smallest absolute Gasteiger partial charge is 0.331 e. The lowest BCUT2D eigenvalue weighted by atomic mass is 9.86. The molecule has 1 aromatic carbocycles. The van der Waals surface area contributed by atoms with Crippen molar-refractivity contribution in [2.45, 2.75) is 43.7 Å². The normalized spacial score (nSPS) is 23.7. The summed E-state index contributed by atoms with van der Waals surface area (Å²) in [5, 5.41) is 6.79. The van der Waals surface area contributed by atoms with Crippen molar-refractivity contribution >= 4 is 23.3 Å². The number of imide groups is 1. The number of benzene rings is 1. The molecule has 0 bridgehead atoms. The number of amides is 3. The van der Waals surface area contributed by atoms with Gasteiger partial charge in [0, 0.05) is 24.5 Å². The van der Waals surface area contributed by atoms with Gasteiger partial charge in [-0.05, 0) is 69.5 Å². The highest BCUT2D eigenvalue weighted by molar-refractivity contribution is 6.16. The molecule has 3 aliphatic rings. The van der Waals surface area contributed by atoms with Gasteiger partial charge in [-0.2, -0.15) is 0 Å². The second kappa shape index (κ2) is 5.77. The van der Waals surface area contributed by atoms with E-state index in [1.165, 1.54) is 24.2 Å². The van der Waals surface area contributed by atoms with Gasteiger partial charge in [-0.1, -0.05) is 0 Å². The number of likely N-dealkylation sites (N-methyl/N-ethyl adjacent to an activating group) is 1. The molecule has 0 unspecified atom stereocenters. The molecule has 0 radical (unpaired) electrons. The topological polar surface area (TPSA) is 64.7 Å². The SMILES string of the molecule is CN1C(=O)N(c2ccc(NC3CCC3)cc2)C2(CCNCC2)C1=O. The third-order valence-corrected chi connectivity index (χ3v) is 5.64. The lowest BCUT2D eigenvalue weighted by Crippen LogP contribution is -2.56. The molecule has 1 saturated carbocycles. The molecule has 2 heterocycles. The summed E-state index contributed by atoms with van der Waals surface area (Å²) >= 11 is 0. The van der Waals surface area contributed by atoms with Crippen LogP contribution >= 0.6 is 0 Å². The third-order valence-electron chi connectivity index (χ3n) is 5.64. The van der Waals surface area contributed by atoms with Crippen LogP contribution in [0.15, 0.2) is 24.3 Å². The van der Waals surface area contributed by atoms with Gasteiger partial charge in [0.25, 0.3) is 5.91 Å². The molecule has 3 fully saturated rings. The number of hydrogen-bond acceptors (Lipinski definition) is 4. The van der Waals surface area contributed by atoms with E-state index in [2.05, 4.69) is 10.6 Å². The van der Waals surface area contributed by atoms with Gasteiger partial charge in [0.05, 0.1) is 0 Å². The Morgan fingerprint density at radius 1 is 1.12 bits per heavy atom. The molecule has 24 heavy (non-hydrogen) atoms. The highest BCUT2D eigenvalue weighted by atomic mass is 16.2. The van der Waals surface area contributed by atoms with Crippen LogP contribution in [-0.4, -0.2) is 48.6 Å². The van der Waals surface area contributed by atoms with E-state index in [-0.39, 0.29) is 11.9 Å². The first-order valence-corrected chi connectivity index (χ1v) is 8.81. The number of urea groups is 1. The van der Waals surface area contributed by atoms with Crippen molar-refractivity contribution in [3.63, 3.8) is 0 Å². The average molecular weight is 328 g/mol. The summed E-state index contributed by atoms with van der Waals surface area (Å²) in [6.07, 6.45) is 5.06. The van der Waals surface area contributed by atoms with Crippen molar-refractivity contribution in [2.24, 2.45) is 0 Å². The van der Waals surface area contributed by atoms with Gasteiger partial charge in [0.1, 0.15) is 5.54 Å². The van der Waals surface area contributed by atoms with E-state index < -0.39 is 5.54 Å². The summed E-state index contributed by atoms with van der Waals surface area (Å²) in [4.78, 5) is 28.4. The second-order valence-corrected chi connectivity index (χ2v) is 7.08. The monoisotopic (exact) mass is 328 g/mol. The van der Waals surface area contributed by atoms with E-state index in [4.69, 9.17) is 0 Å². The van der Waals surface area contributed by atoms with Crippen LogP contribution in [0, 0.1) is 0 Å². The van der Waals surface area contributed by atoms with Gasteiger partial charge in [-0.3, -0.25) is 14.6 Å². The minimum atomic E-state index is -0.722. The summed E-state index contributed by atoms with van der Waals surface area (Å²) in [5.74, 6) is -0.0781. The number of carbonyl (C=O) groups is 2. The van der Waals surface area contributed by atoms with E-state index in [1.54, 1.807) is 11.9 Å². The zero-order valence-electron chi connectivity index (χ0n) is 14.0. The van der Waals surface area contributed by atoms with Crippen molar-refractivity contribution in [3.8, 4) is 0 Å². The van der Waals surface area contributed by atoms with Crippen LogP contribution in [0.25, 0.3) is 0 Å². The Morgan fingerprint density at radius 2 is 1.79 bits per heavy atom. The highest BCUT2D eigenvalue weighted by Gasteiger charge is 2.56. The zero-order chi connectivity index (χ0) is 16.7. The molecular weight excluding hydrogens is 304 g/mol. The largest absolute Gasteiger partial charge is 0.382 e. The van der Waals surface area contributed by atoms with Gasteiger partial charge >= 0.3 is 6.03 Å². The van der Waals surface area contributed by atoms with Gasteiger partial charge < -0.3 is 10.6 Å². The van der Waals surface area contributed by atoms with Crippen LogP contribution in [0.2, 0.25) is 0 Å². The fourth-order valence-electron chi connectivity index (χ4n) is 3.96. The zero-order valence-corrected chi connectivity index (χ0v) is 14.0. The number of piperidine rings is 1. The first kappa shape index (κ1) is 15.4. The first-order chi connectivity index (χ1) is 11.6. The Bertz CT molecular complexity index is 647. The summed E-state index contributed by atoms with van der Waals surface area (Å²) in [7, 11) is 1.58. The molecule has 3 amide bonds. The maximum absolute atomic E-state index is 12.8. The molecular formula is C18H24N4O2. The molecule has 6 nitrogen and oxygen atoms in total. The van der Waals surface area contributed by atoms with Gasteiger partial charge in [0.2, 0.25) is 0 Å². The fourth-order valence-corrected chi connectivity index (χ4v) is 3.96. The Morgan fingerprint density at radius 3 is 2.38 bits per heavy atom. The number of rotatable bonds is 3. The van der Waals surface area contributed by atoms with Crippen LogP contribution in [0.3, 0.4) is 0 Å². The molecule has 6 heteroatoms. The summed E-state index contributed by atoms with van der Waals surface area (Å²) in [6, 6.07) is 8.29. The van der Waals surface area contributed by atoms with Crippen molar-refractivity contribution in [2.75, 3.05) is 30.4 Å². The maximum atomic E-state index is 12.8. The van der Waals surface area contributed by atoms with Gasteiger partial charge in [-0.25, -0.2) is 4.79 Å². The second-order valence-electron chi connectivity index (χ2n) is 7.08. The van der Waals surface area contributed by atoms with Crippen LogP contribution in [0.1, 0.15) is 32.1 Å². The Hall–Kier alpha value is -2.08. The number of nitrogens with zero attached hydrogens (tertiary/aromatic N) is 2. The molecule has 2 aliphatic heterocycles. The van der Waals surface area contributed by atoms with Crippen LogP contribution in [-0.2, 0) is 4.79 Å². The number of nitrogens with one attached hydrogen (secondary N) is 2. The van der Waals surface area contributed by atoms with Crippen LogP contribution in [0.5, 0.6) is 0 Å². The molecule has 2 saturated heterocycles. The summed E-state index contributed by atoms with van der Waals surface area (Å²) in [5.41, 5.74) is 1.16. The van der Waals surface area contributed by atoms with E-state index in [9.17, 15) is 9.59 Å². The predicted molar refractivity (Wildman–Crippen MR) is 93.2 cm³/mol. The molecule has 1 aromatic rings. The standard InChI is InChI=1S/C18H24N4O2/c1-21-16(23)18(9-11-19-12-10-18)22(17(21)24)15-7-5-14(6-8-15)20-13-3-2-4-13/h5-8,13,19-20H,2-4,9-12H2,1H3. The van der Waals surface area contributed by atoms with Crippen molar-refractivity contribution in [1.82, 2.24) is 10.2 Å². The van der Waals surface area contributed by atoms with E-state index >= 15 is 0 Å². The predicted octanol–water partition coefficient (Wildman–Crippen LogP) is 2.17. The van der Waals surface area contributed by atoms with Gasteiger partial charge in [0.15, 0.2) is 0 Å². The number of hydrogen-bond donors (Lipinski definition) is 2. The van der Waals surface area contributed by atoms with Crippen molar-refractivity contribution < 1.29 is 9.59 Å². The summed E-state index contributed by atoms with van der Waals surface area (Å²) in [6.45, 7) is 1.51. The van der Waals surface area contributed by atoms with Crippen LogP contribution in [0.4, 0.5) is 16.2 Å². The third kappa shape index (κ3) is 2.28. The van der Waals surface area contributed by atoms with E-state index in [0.29, 0.717) is 18.9 Å². The summed E-state index contributed by atoms with van der Waals surface area (Å²) < 4.78 is 0. The van der Waals surface area contributed by atoms with Crippen molar-refractivity contribution in [3.05, 3.63) is 24.3 Å². The molecule has 0 atom stereocenters. The number of carbonyl (C=O) groups excluding carboxylic acids is 2. The van der Waals surface area contributed by atoms with Crippen LogP contribution < -0.4 is 15.5 Å². The Balaban J connectivity index is 1.62. The molecule has 4 rings (SSSR count). The van der Waals surface area contributed by atoms with E-state index in [0.717, 1.165) is 24.5 Å². The molecule has 1 aliphatic carbocycles. The Kier molecular flexibility index (Phi) is 3.72. The van der Waals surface area contributed by atoms with Gasteiger partial charge in [-0.15, -0.1) is 0 Å². The van der Waals surface area contributed by atoms with E-state index in [1.807, 2.05) is 24.3 Å². The Labute approximate surface area is 142 Å². The molecule has 128 valence electrons. The highest BCUT2D eigenvalue weighted by Crippen LogP contribution is 2.39. The maximum Gasteiger partial charge on any atom is 0.331 e. The lowest BCUT2D eigenvalue weighted by molar-refractivity contribution is -0.130. The lowest BCUT2D eigenvalue weighted by Gasteiger charge is -2.38. The molecule has 1 spiro atoms. The molecule has 2 N–H and O–H groups in total. The minimum absolute atomic E-state index is 0.0781. The molecule has 0 aromatic heterocycles. The average Bonchev–Trinajstić information content (AvgIpc) is 2.74. The number of anilines is 2. The quantitative estimate of drug-likeness (QED) is 0.835. The van der Waals surface area contributed by atoms with Crippen molar-refractivity contribution in [1.29, 1.82) is 0 Å². The fraction of sp³-hybridized carbons (Fsp3) is 0.556. The first-order valence-electron chi connectivity index (χ1n) is 8.81.